The monoisotopic (exact) mass is 369 g/mol. The molecule has 0 saturated carbocycles. The lowest BCUT2D eigenvalue weighted by molar-refractivity contribution is -0.444. The number of anilines is 1. The fraction of sp³-hybridized carbons (Fsp3) is 0.105. The number of carbonyl (C=O) groups excluding carboxylic acids is 2. The van der Waals surface area contributed by atoms with Crippen LogP contribution in [0, 0.1) is 0 Å². The van der Waals surface area contributed by atoms with Crippen molar-refractivity contribution in [3.05, 3.63) is 76.7 Å². The van der Waals surface area contributed by atoms with Crippen LogP contribution in [-0.2, 0) is 11.3 Å². The van der Waals surface area contributed by atoms with Gasteiger partial charge in [0.05, 0.1) is 0 Å². The number of amides is 3. The Morgan fingerprint density at radius 2 is 1.76 bits per heavy atom. The molecule has 0 radical (unpaired) electrons. The van der Waals surface area contributed by atoms with Crippen molar-refractivity contribution in [2.24, 2.45) is 0 Å². The van der Waals surface area contributed by atoms with Gasteiger partial charge in [-0.3, -0.25) is 0 Å². The molecule has 0 bridgehead atoms. The fourth-order valence-electron chi connectivity index (χ4n) is 2.96. The van der Waals surface area contributed by atoms with Gasteiger partial charge in [0.2, 0.25) is 0 Å². The topological polar surface area (TPSA) is 40.4 Å². The second-order valence-electron chi connectivity index (χ2n) is 5.75. The Morgan fingerprint density at radius 3 is 2.48 bits per heavy atom. The van der Waals surface area contributed by atoms with Crippen LogP contribution in [-0.4, -0.2) is 27.5 Å². The van der Waals surface area contributed by atoms with Gasteiger partial charge in [0, 0.05) is 5.02 Å². The summed E-state index contributed by atoms with van der Waals surface area (Å²) in [7, 11) is 0. The maximum Gasteiger partial charge on any atom is 0.506 e. The number of urea groups is 1. The van der Waals surface area contributed by atoms with E-state index in [2.05, 4.69) is 0 Å². The molecule has 2 aliphatic heterocycles. The molecule has 4 rings (SSSR count). The first-order valence-electron chi connectivity index (χ1n) is 7.79. The summed E-state index contributed by atoms with van der Waals surface area (Å²) in [5.74, 6) is -0.221. The second kappa shape index (κ2) is 6.50. The molecule has 2 aromatic rings. The third-order valence-corrected chi connectivity index (χ3v) is 5.43. The Morgan fingerprint density at radius 1 is 1.04 bits per heavy atom. The number of carbonyl (C=O) groups is 2. The lowest BCUT2D eigenvalue weighted by Gasteiger charge is -2.24. The summed E-state index contributed by atoms with van der Waals surface area (Å²) in [4.78, 5) is 27.2. The van der Waals surface area contributed by atoms with Crippen molar-refractivity contribution in [1.82, 2.24) is 0 Å². The molecule has 2 aliphatic rings. The van der Waals surface area contributed by atoms with E-state index in [1.165, 1.54) is 16.7 Å². The van der Waals surface area contributed by atoms with Crippen molar-refractivity contribution in [2.45, 2.75) is 11.8 Å². The number of imide groups is 1. The minimum Gasteiger partial charge on any atom is -0.244 e. The normalized spacial score (nSPS) is 19.6. The van der Waals surface area contributed by atoms with Crippen molar-refractivity contribution >= 4 is 46.7 Å². The van der Waals surface area contributed by atoms with Crippen LogP contribution in [0.25, 0.3) is 0 Å². The first kappa shape index (κ1) is 16.1. The smallest absolute Gasteiger partial charge is 0.244 e. The SMILES string of the molecule is O=C1C2SC=CC2=[N+](Cc2ccccc2)C(=O)N1c1ccc(Cl)cc1. The van der Waals surface area contributed by atoms with E-state index in [0.717, 1.165) is 11.3 Å². The number of fused-ring (bicyclic) bond motifs is 1. The number of thioether (sulfide) groups is 1. The molecule has 0 aliphatic carbocycles. The van der Waals surface area contributed by atoms with Gasteiger partial charge in [-0.15, -0.1) is 16.7 Å². The molecule has 6 heteroatoms. The maximum absolute atomic E-state index is 13.1. The first-order valence-corrected chi connectivity index (χ1v) is 9.11. The predicted octanol–water partition coefficient (Wildman–Crippen LogP) is 4.09. The molecule has 0 aromatic heterocycles. The summed E-state index contributed by atoms with van der Waals surface area (Å²) in [6.07, 6.45) is 1.85. The zero-order chi connectivity index (χ0) is 17.4. The Hall–Kier alpha value is -2.37. The molecule has 0 N–H and O–H groups in total. The first-order chi connectivity index (χ1) is 12.1. The van der Waals surface area contributed by atoms with Gasteiger partial charge in [-0.05, 0) is 41.3 Å². The molecule has 25 heavy (non-hydrogen) atoms. The summed E-state index contributed by atoms with van der Waals surface area (Å²) in [6.45, 7) is 0.424. The Bertz CT molecular complexity index is 907. The molecule has 2 heterocycles. The number of halogens is 1. The number of nitrogens with zero attached hydrogens (tertiary/aromatic N) is 2. The number of allylic oxidation sites excluding steroid dienone is 1. The van der Waals surface area contributed by atoms with Crippen LogP contribution < -0.4 is 4.90 Å². The van der Waals surface area contributed by atoms with Crippen LogP contribution in [0.15, 0.2) is 66.1 Å². The van der Waals surface area contributed by atoms with Crippen LogP contribution in [0.5, 0.6) is 0 Å². The molecule has 4 nitrogen and oxygen atoms in total. The van der Waals surface area contributed by atoms with Gasteiger partial charge in [0.15, 0.2) is 5.25 Å². The van der Waals surface area contributed by atoms with Crippen LogP contribution in [0.4, 0.5) is 10.5 Å². The highest BCUT2D eigenvalue weighted by molar-refractivity contribution is 8.04. The number of benzene rings is 2. The van der Waals surface area contributed by atoms with Gasteiger partial charge in [-0.2, -0.15) is 9.37 Å². The molecule has 1 unspecified atom stereocenters. The van der Waals surface area contributed by atoms with E-state index in [0.29, 0.717) is 17.3 Å². The zero-order valence-electron chi connectivity index (χ0n) is 13.1. The van der Waals surface area contributed by atoms with Crippen LogP contribution in [0.1, 0.15) is 5.56 Å². The Balaban J connectivity index is 1.77. The predicted molar refractivity (Wildman–Crippen MR) is 100 cm³/mol. The molecule has 124 valence electrons. The number of hydrogen-bond acceptors (Lipinski definition) is 3. The van der Waals surface area contributed by atoms with Gasteiger partial charge in [-0.1, -0.05) is 41.9 Å². The van der Waals surface area contributed by atoms with Crippen molar-refractivity contribution in [1.29, 1.82) is 0 Å². The lowest BCUT2D eigenvalue weighted by Crippen LogP contribution is -2.55. The van der Waals surface area contributed by atoms with Crippen LogP contribution in [0.2, 0.25) is 5.02 Å². The van der Waals surface area contributed by atoms with Crippen molar-refractivity contribution in [3.63, 3.8) is 0 Å². The van der Waals surface area contributed by atoms with Gasteiger partial charge in [-0.25, -0.2) is 4.79 Å². The van der Waals surface area contributed by atoms with Gasteiger partial charge < -0.3 is 0 Å². The summed E-state index contributed by atoms with van der Waals surface area (Å²) in [5.41, 5.74) is 2.29. The van der Waals surface area contributed by atoms with Crippen molar-refractivity contribution in [3.8, 4) is 0 Å². The van der Waals surface area contributed by atoms with Gasteiger partial charge in [0.25, 0.3) is 0 Å². The molecular formula is C19H14ClN2O2S+. The third-order valence-electron chi connectivity index (χ3n) is 4.17. The standard InChI is InChI=1S/C19H14ClN2O2S/c20-14-6-8-15(9-7-14)22-18(23)17-16(10-11-25-17)21(19(22)24)12-13-4-2-1-3-5-13/h1-11,17H,12H2/q+1. The van der Waals surface area contributed by atoms with E-state index in [-0.39, 0.29) is 11.9 Å². The molecule has 3 amide bonds. The maximum atomic E-state index is 13.1. The Labute approximate surface area is 154 Å². The van der Waals surface area contributed by atoms with E-state index in [1.54, 1.807) is 28.8 Å². The third kappa shape index (κ3) is 2.90. The van der Waals surface area contributed by atoms with E-state index in [1.807, 2.05) is 41.8 Å². The molecule has 0 spiro atoms. The van der Waals surface area contributed by atoms with E-state index < -0.39 is 5.25 Å². The molecule has 2 aromatic carbocycles. The summed E-state index contributed by atoms with van der Waals surface area (Å²) in [6, 6.07) is 16.2. The molecular weight excluding hydrogens is 356 g/mol. The minimum atomic E-state index is -0.392. The van der Waals surface area contributed by atoms with E-state index in [9.17, 15) is 9.59 Å². The highest BCUT2D eigenvalue weighted by Gasteiger charge is 2.49. The van der Waals surface area contributed by atoms with Crippen molar-refractivity contribution in [2.75, 3.05) is 4.90 Å². The van der Waals surface area contributed by atoms with E-state index >= 15 is 0 Å². The fourth-order valence-corrected chi connectivity index (χ4v) is 4.02. The minimum absolute atomic E-state index is 0.221. The highest BCUT2D eigenvalue weighted by Crippen LogP contribution is 2.31. The number of hydrogen-bond donors (Lipinski definition) is 0. The van der Waals surface area contributed by atoms with Gasteiger partial charge >= 0.3 is 11.9 Å². The van der Waals surface area contributed by atoms with Crippen molar-refractivity contribution < 1.29 is 14.2 Å². The summed E-state index contributed by atoms with van der Waals surface area (Å²) >= 11 is 7.36. The van der Waals surface area contributed by atoms with Gasteiger partial charge in [0.1, 0.15) is 17.9 Å². The summed E-state index contributed by atoms with van der Waals surface area (Å²) in [5, 5.41) is 2.04. The summed E-state index contributed by atoms with van der Waals surface area (Å²) < 4.78 is 1.67. The number of rotatable bonds is 3. The van der Waals surface area contributed by atoms with E-state index in [4.69, 9.17) is 11.6 Å². The van der Waals surface area contributed by atoms with Crippen LogP contribution in [0.3, 0.4) is 0 Å². The highest BCUT2D eigenvalue weighted by atomic mass is 35.5. The molecule has 0 saturated heterocycles. The molecule has 0 fully saturated rings. The molecule has 1 atom stereocenters. The largest absolute Gasteiger partial charge is 0.506 e. The Kier molecular flexibility index (Phi) is 4.19. The quantitative estimate of drug-likeness (QED) is 0.765. The zero-order valence-corrected chi connectivity index (χ0v) is 14.7. The van der Waals surface area contributed by atoms with Crippen LogP contribution >= 0.6 is 23.4 Å². The average molecular weight is 370 g/mol. The second-order valence-corrected chi connectivity index (χ2v) is 7.20. The average Bonchev–Trinajstić information content (AvgIpc) is 3.11. The lowest BCUT2D eigenvalue weighted by atomic mass is 10.1.